The number of hydrogen-bond acceptors (Lipinski definition) is 7. The van der Waals surface area contributed by atoms with Crippen LogP contribution in [-0.4, -0.2) is 35.1 Å². The quantitative estimate of drug-likeness (QED) is 0.868. The van der Waals surface area contributed by atoms with Crippen LogP contribution in [0, 0.1) is 12.7 Å². The summed E-state index contributed by atoms with van der Waals surface area (Å²) in [5.41, 5.74) is 6.03. The minimum Gasteiger partial charge on any atom is -0.389 e. The summed E-state index contributed by atoms with van der Waals surface area (Å²) >= 11 is 0. The third-order valence-electron chi connectivity index (χ3n) is 3.77. The van der Waals surface area contributed by atoms with E-state index in [0.717, 1.165) is 0 Å². The summed E-state index contributed by atoms with van der Waals surface area (Å²) in [4.78, 5) is 24.2. The number of halogens is 1. The molecule has 3 rings (SSSR count). The molecule has 1 aliphatic heterocycles. The lowest BCUT2D eigenvalue weighted by Gasteiger charge is -2.30. The number of amidine groups is 1. The van der Waals surface area contributed by atoms with Crippen LogP contribution in [0.2, 0.25) is 0 Å². The minimum absolute atomic E-state index is 0.0560. The van der Waals surface area contributed by atoms with Crippen molar-refractivity contribution < 1.29 is 18.7 Å². The van der Waals surface area contributed by atoms with Crippen molar-refractivity contribution in [2.24, 2.45) is 10.7 Å². The molecule has 2 heterocycles. The summed E-state index contributed by atoms with van der Waals surface area (Å²) < 4.78 is 24.7. The number of aromatic nitrogens is 2. The first-order chi connectivity index (χ1) is 12.4. The van der Waals surface area contributed by atoms with E-state index in [4.69, 9.17) is 15.2 Å². The largest absolute Gasteiger partial charge is 0.418 e. The van der Waals surface area contributed by atoms with E-state index < -0.39 is 17.4 Å². The second-order valence-electron chi connectivity index (χ2n) is 6.07. The Bertz CT molecular complexity index is 856. The minimum atomic E-state index is -0.976. The van der Waals surface area contributed by atoms with Crippen molar-refractivity contribution in [1.82, 2.24) is 9.97 Å². The molecule has 8 nitrogen and oxygen atoms in total. The van der Waals surface area contributed by atoms with E-state index in [2.05, 4.69) is 20.3 Å². The van der Waals surface area contributed by atoms with Gasteiger partial charge < -0.3 is 15.2 Å². The van der Waals surface area contributed by atoms with Crippen LogP contribution in [-0.2, 0) is 10.3 Å². The number of ether oxygens (including phenoxy) is 2. The van der Waals surface area contributed by atoms with Crippen LogP contribution in [0.25, 0.3) is 0 Å². The maximum Gasteiger partial charge on any atom is 0.418 e. The van der Waals surface area contributed by atoms with Gasteiger partial charge in [-0.1, -0.05) is 0 Å². The maximum absolute atomic E-state index is 14.3. The Hall–Kier alpha value is -3.07. The lowest BCUT2D eigenvalue weighted by atomic mass is 9.92. The summed E-state index contributed by atoms with van der Waals surface area (Å²) in [5.74, 6) is -0.132. The summed E-state index contributed by atoms with van der Waals surface area (Å²) in [6.45, 7) is 3.86. The van der Waals surface area contributed by atoms with E-state index >= 15 is 0 Å². The van der Waals surface area contributed by atoms with Crippen molar-refractivity contribution in [3.63, 3.8) is 0 Å². The SMILES string of the molecule is Cc1cnc(OC(=O)Nc2ccc(F)c(C3(C)COCC(N)=N3)c2)cn1. The summed E-state index contributed by atoms with van der Waals surface area (Å²) in [6.07, 6.45) is 2.04. The lowest BCUT2D eigenvalue weighted by molar-refractivity contribution is 0.104. The number of benzene rings is 1. The van der Waals surface area contributed by atoms with E-state index in [1.54, 1.807) is 13.8 Å². The fraction of sp³-hybridized carbons (Fsp3) is 0.294. The number of rotatable bonds is 3. The second-order valence-corrected chi connectivity index (χ2v) is 6.07. The molecule has 0 radical (unpaired) electrons. The number of carbonyl (C=O) groups is 1. The monoisotopic (exact) mass is 359 g/mol. The molecule has 136 valence electrons. The first-order valence-corrected chi connectivity index (χ1v) is 7.85. The van der Waals surface area contributed by atoms with Crippen molar-refractivity contribution >= 4 is 17.6 Å². The molecule has 1 atom stereocenters. The lowest BCUT2D eigenvalue weighted by Crippen LogP contribution is -2.38. The molecule has 3 N–H and O–H groups in total. The van der Waals surface area contributed by atoms with Crippen LogP contribution >= 0.6 is 0 Å². The highest BCUT2D eigenvalue weighted by Gasteiger charge is 2.33. The molecule has 0 spiro atoms. The molecular formula is C17H18FN5O3. The van der Waals surface area contributed by atoms with Crippen molar-refractivity contribution in [2.75, 3.05) is 18.5 Å². The molecule has 1 unspecified atom stereocenters. The number of nitrogens with one attached hydrogen (secondary N) is 1. The van der Waals surface area contributed by atoms with Crippen molar-refractivity contribution in [1.29, 1.82) is 0 Å². The Morgan fingerprint density at radius 3 is 2.88 bits per heavy atom. The van der Waals surface area contributed by atoms with Crippen molar-refractivity contribution in [3.8, 4) is 5.88 Å². The third-order valence-corrected chi connectivity index (χ3v) is 3.77. The van der Waals surface area contributed by atoms with E-state index in [1.165, 1.54) is 30.6 Å². The molecule has 1 aromatic carbocycles. The van der Waals surface area contributed by atoms with Gasteiger partial charge in [0.05, 0.1) is 24.7 Å². The van der Waals surface area contributed by atoms with Crippen LogP contribution in [0.5, 0.6) is 5.88 Å². The zero-order valence-corrected chi connectivity index (χ0v) is 14.3. The summed E-state index contributed by atoms with van der Waals surface area (Å²) in [6, 6.07) is 4.13. The van der Waals surface area contributed by atoms with Crippen molar-refractivity contribution in [2.45, 2.75) is 19.4 Å². The van der Waals surface area contributed by atoms with Gasteiger partial charge in [-0.25, -0.2) is 14.2 Å². The number of carbonyl (C=O) groups excluding carboxylic acids is 1. The van der Waals surface area contributed by atoms with Gasteiger partial charge in [-0.3, -0.25) is 15.3 Å². The molecule has 0 fully saturated rings. The molecule has 1 aromatic heterocycles. The number of nitrogens with zero attached hydrogens (tertiary/aromatic N) is 3. The highest BCUT2D eigenvalue weighted by atomic mass is 19.1. The van der Waals surface area contributed by atoms with Gasteiger partial charge in [0, 0.05) is 11.3 Å². The van der Waals surface area contributed by atoms with E-state index in [9.17, 15) is 9.18 Å². The van der Waals surface area contributed by atoms with Gasteiger partial charge in [0.25, 0.3) is 0 Å². The van der Waals surface area contributed by atoms with Gasteiger partial charge in [-0.2, -0.15) is 0 Å². The molecule has 2 aromatic rings. The summed E-state index contributed by atoms with van der Waals surface area (Å²) in [7, 11) is 0. The Kier molecular flexibility index (Phi) is 4.81. The van der Waals surface area contributed by atoms with E-state index in [-0.39, 0.29) is 30.5 Å². The van der Waals surface area contributed by atoms with Gasteiger partial charge in [0.1, 0.15) is 23.8 Å². The highest BCUT2D eigenvalue weighted by Crippen LogP contribution is 2.32. The first kappa shape index (κ1) is 17.7. The molecule has 1 aliphatic rings. The molecule has 9 heteroatoms. The molecule has 0 saturated heterocycles. The van der Waals surface area contributed by atoms with Crippen LogP contribution in [0.4, 0.5) is 14.9 Å². The van der Waals surface area contributed by atoms with Gasteiger partial charge in [-0.05, 0) is 32.0 Å². The van der Waals surface area contributed by atoms with Crippen LogP contribution in [0.1, 0.15) is 18.2 Å². The Morgan fingerprint density at radius 1 is 1.38 bits per heavy atom. The highest BCUT2D eigenvalue weighted by molar-refractivity contribution is 5.86. The number of aryl methyl sites for hydroxylation is 1. The first-order valence-electron chi connectivity index (χ1n) is 7.85. The van der Waals surface area contributed by atoms with E-state index in [1.807, 2.05) is 0 Å². The van der Waals surface area contributed by atoms with E-state index in [0.29, 0.717) is 11.4 Å². The average molecular weight is 359 g/mol. The van der Waals surface area contributed by atoms with Gasteiger partial charge in [-0.15, -0.1) is 0 Å². The molecule has 0 bridgehead atoms. The number of amides is 1. The number of anilines is 1. The van der Waals surface area contributed by atoms with Gasteiger partial charge >= 0.3 is 6.09 Å². The summed E-state index contributed by atoms with van der Waals surface area (Å²) in [5, 5.41) is 2.52. The van der Waals surface area contributed by atoms with Crippen LogP contribution < -0.4 is 15.8 Å². The topological polar surface area (TPSA) is 112 Å². The second kappa shape index (κ2) is 7.04. The van der Waals surface area contributed by atoms with Crippen LogP contribution in [0.3, 0.4) is 0 Å². The molecular weight excluding hydrogens is 341 g/mol. The number of nitrogens with two attached hydrogens (primary N) is 1. The van der Waals surface area contributed by atoms with Gasteiger partial charge in [0.15, 0.2) is 0 Å². The number of hydrogen-bond donors (Lipinski definition) is 2. The van der Waals surface area contributed by atoms with Gasteiger partial charge in [0.2, 0.25) is 5.88 Å². The zero-order valence-electron chi connectivity index (χ0n) is 14.3. The predicted molar refractivity (Wildman–Crippen MR) is 92.6 cm³/mol. The molecule has 1 amide bonds. The Balaban J connectivity index is 1.78. The fourth-order valence-electron chi connectivity index (χ4n) is 2.56. The zero-order chi connectivity index (χ0) is 18.7. The maximum atomic E-state index is 14.3. The molecule has 26 heavy (non-hydrogen) atoms. The average Bonchev–Trinajstić information content (AvgIpc) is 2.58. The fourth-order valence-corrected chi connectivity index (χ4v) is 2.56. The number of aliphatic imine (C=N–C) groups is 1. The standard InChI is InChI=1S/C17H18FN5O3/c1-10-6-21-15(7-20-10)26-16(24)22-11-3-4-13(18)12(5-11)17(2)9-25-8-14(19)23-17/h3-7H,8-9H2,1-2H3,(H2,19,23)(H,22,24). The van der Waals surface area contributed by atoms with Crippen LogP contribution in [0.15, 0.2) is 35.6 Å². The Labute approximate surface area is 149 Å². The van der Waals surface area contributed by atoms with Crippen molar-refractivity contribution in [3.05, 3.63) is 47.7 Å². The normalized spacial score (nSPS) is 19.6. The smallest absolute Gasteiger partial charge is 0.389 e. The molecule has 0 aliphatic carbocycles. The predicted octanol–water partition coefficient (Wildman–Crippen LogP) is 2.14. The third kappa shape index (κ3) is 3.94. The Morgan fingerprint density at radius 2 is 2.19 bits per heavy atom. The molecule has 0 saturated carbocycles.